The molecule has 0 spiro atoms. The van der Waals surface area contributed by atoms with Crippen LogP contribution >= 0.6 is 0 Å². The van der Waals surface area contributed by atoms with Crippen molar-refractivity contribution in [2.75, 3.05) is 6.54 Å². The molecular formula is C9H14F7NO2S. The summed E-state index contributed by atoms with van der Waals surface area (Å²) in [5.74, 6) is -6.67. The zero-order valence-corrected chi connectivity index (χ0v) is 11.2. The zero-order valence-electron chi connectivity index (χ0n) is 10.4. The van der Waals surface area contributed by atoms with E-state index in [0.29, 0.717) is 12.8 Å². The monoisotopic (exact) mass is 333 g/mol. The number of hydrogen-bond donors (Lipinski definition) is 1. The Kier molecular flexibility index (Phi) is 6.27. The maximum absolute atomic E-state index is 12.9. The molecule has 0 radical (unpaired) electrons. The molecule has 0 amide bonds. The van der Waals surface area contributed by atoms with Crippen LogP contribution in [0.15, 0.2) is 0 Å². The fourth-order valence-electron chi connectivity index (χ4n) is 1.18. The average molecular weight is 333 g/mol. The lowest BCUT2D eigenvalue weighted by atomic mass is 10.2. The molecule has 0 aromatic rings. The minimum absolute atomic E-state index is 0.0563. The Balaban J connectivity index is 4.91. The Morgan fingerprint density at radius 2 is 1.40 bits per heavy atom. The van der Waals surface area contributed by atoms with Crippen molar-refractivity contribution in [3.05, 3.63) is 0 Å². The van der Waals surface area contributed by atoms with Gasteiger partial charge in [0.05, 0.1) is 0 Å². The second-order valence-corrected chi connectivity index (χ2v) is 5.86. The maximum atomic E-state index is 12.9. The Morgan fingerprint density at radius 1 is 0.900 bits per heavy atom. The van der Waals surface area contributed by atoms with Crippen molar-refractivity contribution in [2.45, 2.75) is 50.0 Å². The molecule has 122 valence electrons. The summed E-state index contributed by atoms with van der Waals surface area (Å²) in [4.78, 5) is 0. The summed E-state index contributed by atoms with van der Waals surface area (Å²) in [7, 11) is -6.14. The molecule has 0 rings (SSSR count). The summed E-state index contributed by atoms with van der Waals surface area (Å²) in [5, 5.41) is -6.27. The number of nitrogens with one attached hydrogen (secondary N) is 1. The van der Waals surface area contributed by atoms with Crippen LogP contribution in [-0.4, -0.2) is 32.3 Å². The van der Waals surface area contributed by atoms with E-state index in [9.17, 15) is 39.2 Å². The van der Waals surface area contributed by atoms with Gasteiger partial charge in [-0.15, -0.1) is 0 Å². The third kappa shape index (κ3) is 3.96. The molecule has 0 aliphatic heterocycles. The van der Waals surface area contributed by atoms with Gasteiger partial charge in [0.15, 0.2) is 0 Å². The highest BCUT2D eigenvalue weighted by Crippen LogP contribution is 2.48. The fourth-order valence-corrected chi connectivity index (χ4v) is 2.23. The molecule has 0 aliphatic carbocycles. The second-order valence-electron chi connectivity index (χ2n) is 4.05. The van der Waals surface area contributed by atoms with Gasteiger partial charge in [-0.2, -0.15) is 30.7 Å². The molecule has 0 fully saturated rings. The summed E-state index contributed by atoms with van der Waals surface area (Å²) in [6.45, 7) is 1.17. The first kappa shape index (κ1) is 19.4. The van der Waals surface area contributed by atoms with Crippen LogP contribution in [0.4, 0.5) is 30.7 Å². The topological polar surface area (TPSA) is 46.2 Å². The van der Waals surface area contributed by atoms with E-state index >= 15 is 0 Å². The molecule has 0 unspecified atom stereocenters. The quantitative estimate of drug-likeness (QED) is 0.547. The molecule has 0 atom stereocenters. The first-order valence-corrected chi connectivity index (χ1v) is 7.11. The van der Waals surface area contributed by atoms with E-state index < -0.39 is 33.9 Å². The molecule has 0 saturated heterocycles. The molecule has 1 N–H and O–H groups in total. The first-order chi connectivity index (χ1) is 8.81. The Bertz CT molecular complexity index is 405. The summed E-state index contributed by atoms with van der Waals surface area (Å²) in [6.07, 6.45) is -4.79. The van der Waals surface area contributed by atoms with Crippen LogP contribution in [0.25, 0.3) is 0 Å². The maximum Gasteiger partial charge on any atom is 0.461 e. The molecule has 0 aliphatic rings. The van der Waals surface area contributed by atoms with Crippen LogP contribution in [0.5, 0.6) is 0 Å². The van der Waals surface area contributed by atoms with Crippen molar-refractivity contribution in [2.24, 2.45) is 0 Å². The van der Waals surface area contributed by atoms with Crippen molar-refractivity contribution in [3.8, 4) is 0 Å². The molecule has 0 saturated carbocycles. The van der Waals surface area contributed by atoms with Crippen LogP contribution in [0.1, 0.15) is 32.6 Å². The van der Waals surface area contributed by atoms with Crippen molar-refractivity contribution in [3.63, 3.8) is 0 Å². The molecule has 0 heterocycles. The van der Waals surface area contributed by atoms with Crippen LogP contribution in [0, 0.1) is 0 Å². The van der Waals surface area contributed by atoms with E-state index in [1.54, 1.807) is 0 Å². The summed E-state index contributed by atoms with van der Waals surface area (Å²) in [6, 6.07) is 0. The minimum atomic E-state index is -6.67. The third-order valence-electron chi connectivity index (χ3n) is 2.38. The number of unbranched alkanes of at least 4 members (excludes halogenated alkanes) is 3. The molecule has 0 bridgehead atoms. The van der Waals surface area contributed by atoms with Gasteiger partial charge in [-0.05, 0) is 6.42 Å². The number of sulfonamides is 1. The number of halogens is 7. The van der Waals surface area contributed by atoms with Crippen molar-refractivity contribution in [1.82, 2.24) is 4.72 Å². The van der Waals surface area contributed by atoms with E-state index in [-0.39, 0.29) is 6.42 Å². The van der Waals surface area contributed by atoms with Crippen LogP contribution < -0.4 is 4.72 Å². The molecule has 11 heteroatoms. The highest BCUT2D eigenvalue weighted by atomic mass is 32.2. The lowest BCUT2D eigenvalue weighted by molar-refractivity contribution is -0.332. The Labute approximate surface area is 111 Å². The van der Waals surface area contributed by atoms with Gasteiger partial charge in [-0.3, -0.25) is 0 Å². The Morgan fingerprint density at radius 3 is 1.80 bits per heavy atom. The SMILES string of the molecule is CCCCCCNS(=O)(=O)C(F)(F)C(F)(F)C(F)(F)F. The van der Waals surface area contributed by atoms with Gasteiger partial charge in [0.1, 0.15) is 0 Å². The normalized spacial score (nSPS) is 14.6. The smallest absolute Gasteiger partial charge is 0.210 e. The van der Waals surface area contributed by atoms with Crippen molar-refractivity contribution >= 4 is 10.0 Å². The minimum Gasteiger partial charge on any atom is -0.210 e. The summed E-state index contributed by atoms with van der Waals surface area (Å²) >= 11 is 0. The number of hydrogen-bond acceptors (Lipinski definition) is 2. The van der Waals surface area contributed by atoms with Gasteiger partial charge in [-0.25, -0.2) is 13.1 Å². The van der Waals surface area contributed by atoms with Gasteiger partial charge < -0.3 is 0 Å². The lowest BCUT2D eigenvalue weighted by Gasteiger charge is -2.27. The van der Waals surface area contributed by atoms with E-state index in [1.807, 2.05) is 6.92 Å². The van der Waals surface area contributed by atoms with Crippen molar-refractivity contribution in [1.29, 1.82) is 0 Å². The lowest BCUT2D eigenvalue weighted by Crippen LogP contribution is -2.59. The average Bonchev–Trinajstić information content (AvgIpc) is 2.26. The highest BCUT2D eigenvalue weighted by molar-refractivity contribution is 7.90. The molecule has 0 aromatic carbocycles. The van der Waals surface area contributed by atoms with E-state index in [4.69, 9.17) is 0 Å². The zero-order chi connectivity index (χ0) is 16.2. The molecular weight excluding hydrogens is 319 g/mol. The van der Waals surface area contributed by atoms with E-state index in [1.165, 1.54) is 0 Å². The highest BCUT2D eigenvalue weighted by Gasteiger charge is 2.78. The standard InChI is InChI=1S/C9H14F7NO2S/c1-2-3-4-5-6-17-20(18,19)9(15,16)7(10,11)8(12,13)14/h17H,2-6H2,1H3. The molecule has 3 nitrogen and oxygen atoms in total. The van der Waals surface area contributed by atoms with E-state index in [0.717, 1.165) is 11.1 Å². The van der Waals surface area contributed by atoms with Gasteiger partial charge >= 0.3 is 17.4 Å². The number of rotatable bonds is 8. The van der Waals surface area contributed by atoms with Gasteiger partial charge in [0.2, 0.25) is 0 Å². The van der Waals surface area contributed by atoms with Gasteiger partial charge in [0, 0.05) is 6.54 Å². The Hall–Kier alpha value is -0.580. The van der Waals surface area contributed by atoms with Gasteiger partial charge in [0.25, 0.3) is 10.0 Å². The second kappa shape index (κ2) is 6.46. The predicted octanol–water partition coefficient (Wildman–Crippen LogP) is 3.28. The summed E-state index contributed by atoms with van der Waals surface area (Å²) in [5.41, 5.74) is 0. The van der Waals surface area contributed by atoms with Crippen LogP contribution in [0.2, 0.25) is 0 Å². The third-order valence-corrected chi connectivity index (χ3v) is 3.90. The number of alkyl halides is 7. The van der Waals surface area contributed by atoms with Crippen LogP contribution in [0.3, 0.4) is 0 Å². The predicted molar refractivity (Wildman–Crippen MR) is 57.0 cm³/mol. The van der Waals surface area contributed by atoms with Crippen LogP contribution in [-0.2, 0) is 10.0 Å². The van der Waals surface area contributed by atoms with Crippen molar-refractivity contribution < 1.29 is 39.2 Å². The molecule has 20 heavy (non-hydrogen) atoms. The fraction of sp³-hybridized carbons (Fsp3) is 1.00. The van der Waals surface area contributed by atoms with Gasteiger partial charge in [-0.1, -0.05) is 26.2 Å². The van der Waals surface area contributed by atoms with E-state index in [2.05, 4.69) is 0 Å². The molecule has 0 aromatic heterocycles. The summed E-state index contributed by atoms with van der Waals surface area (Å²) < 4.78 is 109. The first-order valence-electron chi connectivity index (χ1n) is 5.63. The largest absolute Gasteiger partial charge is 0.461 e.